The van der Waals surface area contributed by atoms with E-state index in [0.717, 1.165) is 0 Å². The average molecular weight is 380 g/mol. The van der Waals surface area contributed by atoms with Gasteiger partial charge in [-0.3, -0.25) is 19.6 Å². The van der Waals surface area contributed by atoms with Crippen LogP contribution >= 0.6 is 11.6 Å². The second kappa shape index (κ2) is 7.45. The average Bonchev–Trinajstić information content (AvgIpc) is 2.75. The zero-order valence-electron chi connectivity index (χ0n) is 15.5. The fraction of sp³-hybridized carbons (Fsp3) is 0.444. The molecule has 0 aliphatic heterocycles. The van der Waals surface area contributed by atoms with Crippen molar-refractivity contribution < 1.29 is 14.5 Å². The number of ether oxygens (including phenoxy) is 1. The van der Waals surface area contributed by atoms with Crippen molar-refractivity contribution in [3.05, 3.63) is 50.3 Å². The van der Waals surface area contributed by atoms with Crippen LogP contribution in [0.25, 0.3) is 0 Å². The topological polar surface area (TPSA) is 87.3 Å². The van der Waals surface area contributed by atoms with Crippen molar-refractivity contribution in [3.63, 3.8) is 0 Å². The number of aryl methyl sites for hydroxylation is 1. The number of hydrogen-bond donors (Lipinski definition) is 0. The van der Waals surface area contributed by atoms with E-state index in [4.69, 9.17) is 16.3 Å². The lowest BCUT2D eigenvalue weighted by molar-refractivity contribution is -0.384. The van der Waals surface area contributed by atoms with Crippen LogP contribution in [0, 0.1) is 29.4 Å². The number of nitro benzene ring substituents is 1. The molecular weight excluding hydrogens is 358 g/mol. The molecule has 140 valence electrons. The summed E-state index contributed by atoms with van der Waals surface area (Å²) in [6.45, 7) is 9.79. The van der Waals surface area contributed by atoms with Gasteiger partial charge < -0.3 is 4.74 Å². The Bertz CT molecular complexity index is 853. The zero-order valence-corrected chi connectivity index (χ0v) is 16.3. The van der Waals surface area contributed by atoms with Gasteiger partial charge in [-0.25, -0.2) is 0 Å². The second-order valence-corrected chi connectivity index (χ2v) is 7.81. The maximum Gasteiger partial charge on any atom is 0.311 e. The monoisotopic (exact) mass is 379 g/mol. The molecule has 0 saturated carbocycles. The third kappa shape index (κ3) is 4.82. The summed E-state index contributed by atoms with van der Waals surface area (Å²) >= 11 is 6.15. The molecule has 1 heterocycles. The number of aromatic nitrogens is 2. The number of benzene rings is 1. The first-order valence-corrected chi connectivity index (χ1v) is 8.53. The SMILES string of the molecule is Cc1nn(Cc2ccc([N+](=O)[O-])cc2Cl)c(C)c1OC(=O)CC(C)(C)C. The van der Waals surface area contributed by atoms with Gasteiger partial charge in [0.2, 0.25) is 0 Å². The number of hydrogen-bond acceptors (Lipinski definition) is 5. The molecule has 2 aromatic rings. The molecule has 0 unspecified atom stereocenters. The lowest BCUT2D eigenvalue weighted by Gasteiger charge is -2.16. The first-order valence-electron chi connectivity index (χ1n) is 8.15. The van der Waals surface area contributed by atoms with E-state index in [9.17, 15) is 14.9 Å². The van der Waals surface area contributed by atoms with Gasteiger partial charge in [-0.1, -0.05) is 32.4 Å². The largest absolute Gasteiger partial charge is 0.423 e. The molecule has 7 nitrogen and oxygen atoms in total. The van der Waals surface area contributed by atoms with Gasteiger partial charge in [0.25, 0.3) is 5.69 Å². The maximum atomic E-state index is 12.1. The highest BCUT2D eigenvalue weighted by atomic mass is 35.5. The van der Waals surface area contributed by atoms with Gasteiger partial charge in [0.15, 0.2) is 5.75 Å². The Morgan fingerprint density at radius 3 is 2.54 bits per heavy atom. The summed E-state index contributed by atoms with van der Waals surface area (Å²) in [5, 5.41) is 15.5. The molecule has 0 saturated heterocycles. The molecule has 1 aromatic heterocycles. The van der Waals surface area contributed by atoms with Gasteiger partial charge in [-0.05, 0) is 30.9 Å². The maximum absolute atomic E-state index is 12.1. The van der Waals surface area contributed by atoms with Crippen molar-refractivity contribution in [1.29, 1.82) is 0 Å². The first kappa shape index (κ1) is 19.9. The summed E-state index contributed by atoms with van der Waals surface area (Å²) in [6.07, 6.45) is 0.297. The predicted molar refractivity (Wildman–Crippen MR) is 98.6 cm³/mol. The van der Waals surface area contributed by atoms with Crippen LogP contribution in [-0.2, 0) is 11.3 Å². The number of carbonyl (C=O) groups excluding carboxylic acids is 1. The summed E-state index contributed by atoms with van der Waals surface area (Å²) in [7, 11) is 0. The predicted octanol–water partition coefficient (Wildman–Crippen LogP) is 4.45. The third-order valence-corrected chi connectivity index (χ3v) is 4.13. The summed E-state index contributed by atoms with van der Waals surface area (Å²) in [6, 6.07) is 4.31. The van der Waals surface area contributed by atoms with Gasteiger partial charge in [0.05, 0.1) is 28.6 Å². The van der Waals surface area contributed by atoms with Crippen LogP contribution in [0.2, 0.25) is 5.02 Å². The molecule has 0 bridgehead atoms. The van der Waals surface area contributed by atoms with E-state index in [1.54, 1.807) is 24.6 Å². The molecule has 26 heavy (non-hydrogen) atoms. The van der Waals surface area contributed by atoms with Crippen LogP contribution in [-0.4, -0.2) is 20.7 Å². The number of halogens is 1. The van der Waals surface area contributed by atoms with Gasteiger partial charge in [0, 0.05) is 12.1 Å². The Morgan fingerprint density at radius 2 is 2.00 bits per heavy atom. The van der Waals surface area contributed by atoms with Crippen molar-refractivity contribution >= 4 is 23.3 Å². The van der Waals surface area contributed by atoms with Crippen molar-refractivity contribution in [2.24, 2.45) is 5.41 Å². The lowest BCUT2D eigenvalue weighted by Crippen LogP contribution is -2.18. The summed E-state index contributed by atoms with van der Waals surface area (Å²) < 4.78 is 7.18. The number of nitro groups is 1. The minimum Gasteiger partial charge on any atom is -0.423 e. The highest BCUT2D eigenvalue weighted by molar-refractivity contribution is 6.31. The Kier molecular flexibility index (Phi) is 5.71. The van der Waals surface area contributed by atoms with Gasteiger partial charge >= 0.3 is 5.97 Å². The minimum absolute atomic E-state index is 0.0658. The van der Waals surface area contributed by atoms with E-state index in [1.165, 1.54) is 12.1 Å². The molecule has 0 spiro atoms. The Morgan fingerprint density at radius 1 is 1.35 bits per heavy atom. The Balaban J connectivity index is 2.22. The fourth-order valence-electron chi connectivity index (χ4n) is 2.50. The van der Waals surface area contributed by atoms with Crippen molar-refractivity contribution in [3.8, 4) is 5.75 Å². The minimum atomic E-state index is -0.494. The van der Waals surface area contributed by atoms with Crippen LogP contribution in [0.4, 0.5) is 5.69 Å². The molecule has 2 rings (SSSR count). The highest BCUT2D eigenvalue weighted by Gasteiger charge is 2.22. The van der Waals surface area contributed by atoms with Crippen molar-refractivity contribution in [1.82, 2.24) is 9.78 Å². The highest BCUT2D eigenvalue weighted by Crippen LogP contribution is 2.28. The smallest absolute Gasteiger partial charge is 0.311 e. The van der Waals surface area contributed by atoms with Crippen LogP contribution in [0.3, 0.4) is 0 Å². The number of non-ortho nitro benzene ring substituents is 1. The van der Waals surface area contributed by atoms with Crippen LogP contribution in [0.1, 0.15) is 44.1 Å². The molecule has 8 heteroatoms. The van der Waals surface area contributed by atoms with Gasteiger partial charge in [0.1, 0.15) is 5.69 Å². The van der Waals surface area contributed by atoms with E-state index >= 15 is 0 Å². The Labute approximate surface area is 157 Å². The third-order valence-electron chi connectivity index (χ3n) is 3.77. The Hall–Kier alpha value is -2.41. The number of rotatable bonds is 5. The van der Waals surface area contributed by atoms with E-state index in [0.29, 0.717) is 35.7 Å². The van der Waals surface area contributed by atoms with Crippen molar-refractivity contribution in [2.75, 3.05) is 0 Å². The van der Waals surface area contributed by atoms with E-state index in [-0.39, 0.29) is 22.1 Å². The summed E-state index contributed by atoms with van der Waals surface area (Å²) in [4.78, 5) is 22.4. The number of nitrogens with zero attached hydrogens (tertiary/aromatic N) is 3. The number of carbonyl (C=O) groups is 1. The van der Waals surface area contributed by atoms with Crippen LogP contribution in [0.15, 0.2) is 18.2 Å². The molecule has 0 atom stereocenters. The second-order valence-electron chi connectivity index (χ2n) is 7.40. The molecule has 0 aliphatic carbocycles. The van der Waals surface area contributed by atoms with E-state index < -0.39 is 4.92 Å². The van der Waals surface area contributed by atoms with Crippen LogP contribution < -0.4 is 4.74 Å². The summed E-state index contributed by atoms with van der Waals surface area (Å²) in [5.41, 5.74) is 1.75. The number of esters is 1. The molecular formula is C18H22ClN3O4. The molecule has 0 fully saturated rings. The van der Waals surface area contributed by atoms with Gasteiger partial charge in [-0.15, -0.1) is 0 Å². The van der Waals surface area contributed by atoms with Crippen molar-refractivity contribution in [2.45, 2.75) is 47.6 Å². The van der Waals surface area contributed by atoms with E-state index in [1.807, 2.05) is 20.8 Å². The zero-order chi connectivity index (χ0) is 19.6. The van der Waals surface area contributed by atoms with E-state index in [2.05, 4.69) is 5.10 Å². The van der Waals surface area contributed by atoms with Crippen LogP contribution in [0.5, 0.6) is 5.75 Å². The normalized spacial score (nSPS) is 11.5. The molecule has 1 aromatic carbocycles. The molecule has 0 N–H and O–H groups in total. The quantitative estimate of drug-likeness (QED) is 0.435. The fourth-order valence-corrected chi connectivity index (χ4v) is 2.74. The molecule has 0 aliphatic rings. The first-order chi connectivity index (χ1) is 12.0. The molecule has 0 radical (unpaired) electrons. The summed E-state index contributed by atoms with van der Waals surface area (Å²) in [5.74, 6) is 0.133. The standard InChI is InChI=1S/C18H22ClN3O4/c1-11-17(26-16(23)9-18(3,4)5)12(2)21(20-11)10-13-6-7-14(22(24)25)8-15(13)19/h6-8H,9-10H2,1-5H3. The lowest BCUT2D eigenvalue weighted by atomic mass is 9.92. The van der Waals surface area contributed by atoms with Gasteiger partial charge in [-0.2, -0.15) is 5.10 Å². The molecule has 0 amide bonds.